The summed E-state index contributed by atoms with van der Waals surface area (Å²) in [6.07, 6.45) is 0. The van der Waals surface area contributed by atoms with Crippen LogP contribution in [-0.2, 0) is 0 Å². The van der Waals surface area contributed by atoms with Crippen LogP contribution in [0.5, 0.6) is 0 Å². The van der Waals surface area contributed by atoms with Crippen molar-refractivity contribution in [3.05, 3.63) is 212 Å². The first-order chi connectivity index (χ1) is 30.2. The van der Waals surface area contributed by atoms with Gasteiger partial charge in [0.1, 0.15) is 0 Å². The summed E-state index contributed by atoms with van der Waals surface area (Å²) in [5.41, 5.74) is 9.67. The van der Waals surface area contributed by atoms with Crippen LogP contribution in [0.2, 0.25) is 0 Å². The highest BCUT2D eigenvalue weighted by Gasteiger charge is 2.18. The van der Waals surface area contributed by atoms with Crippen molar-refractivity contribution in [3.63, 3.8) is 0 Å². The Hall–Kier alpha value is -7.79. The molecule has 3 nitrogen and oxygen atoms in total. The summed E-state index contributed by atoms with van der Waals surface area (Å²) in [5.74, 6) is 1.91. The predicted octanol–water partition coefficient (Wildman–Crippen LogP) is 15.7. The summed E-state index contributed by atoms with van der Waals surface area (Å²) in [6, 6.07) is 75.9. The van der Waals surface area contributed by atoms with Crippen molar-refractivity contribution in [2.24, 2.45) is 0 Å². The van der Waals surface area contributed by atoms with E-state index in [2.05, 4.69) is 206 Å². The van der Waals surface area contributed by atoms with Gasteiger partial charge in [0, 0.05) is 36.9 Å². The molecule has 0 bridgehead atoms. The zero-order chi connectivity index (χ0) is 40.3. The minimum atomic E-state index is 0.629. The second-order valence-electron chi connectivity index (χ2n) is 15.5. The lowest BCUT2D eigenvalue weighted by molar-refractivity contribution is 1.07. The molecule has 0 aliphatic heterocycles. The number of hydrogen-bond donors (Lipinski definition) is 0. The topological polar surface area (TPSA) is 38.7 Å². The lowest BCUT2D eigenvalue weighted by atomic mass is 9.89. The van der Waals surface area contributed by atoms with Crippen LogP contribution in [0.15, 0.2) is 212 Å². The largest absolute Gasteiger partial charge is 0.208 e. The molecule has 61 heavy (non-hydrogen) atoms. The highest BCUT2D eigenvalue weighted by Crippen LogP contribution is 2.41. The molecule has 2 heterocycles. The van der Waals surface area contributed by atoms with E-state index < -0.39 is 0 Å². The number of nitrogens with zero attached hydrogens (tertiary/aromatic N) is 3. The second kappa shape index (κ2) is 14.5. The van der Waals surface area contributed by atoms with E-state index in [1.54, 1.807) is 11.3 Å². The average Bonchev–Trinajstić information content (AvgIpc) is 3.71. The predicted molar refractivity (Wildman–Crippen MR) is 258 cm³/mol. The van der Waals surface area contributed by atoms with Crippen molar-refractivity contribution in [2.45, 2.75) is 0 Å². The Morgan fingerprint density at radius 3 is 1.64 bits per heavy atom. The van der Waals surface area contributed by atoms with Gasteiger partial charge < -0.3 is 0 Å². The van der Waals surface area contributed by atoms with Gasteiger partial charge in [-0.25, -0.2) is 15.0 Å². The molecule has 0 saturated heterocycles. The van der Waals surface area contributed by atoms with E-state index in [0.29, 0.717) is 17.5 Å². The molecular formula is C57H35N3S. The van der Waals surface area contributed by atoms with E-state index in [-0.39, 0.29) is 0 Å². The maximum absolute atomic E-state index is 5.26. The van der Waals surface area contributed by atoms with Gasteiger partial charge in [-0.3, -0.25) is 0 Å². The van der Waals surface area contributed by atoms with E-state index in [9.17, 15) is 0 Å². The van der Waals surface area contributed by atoms with Crippen LogP contribution in [0.25, 0.3) is 120 Å². The fourth-order valence-corrected chi connectivity index (χ4v) is 10.1. The zero-order valence-corrected chi connectivity index (χ0v) is 33.8. The van der Waals surface area contributed by atoms with Crippen molar-refractivity contribution in [1.29, 1.82) is 0 Å². The molecular weight excluding hydrogens is 759 g/mol. The summed E-state index contributed by atoms with van der Waals surface area (Å²) < 4.78 is 2.48. The van der Waals surface area contributed by atoms with E-state index in [1.807, 2.05) is 6.07 Å². The summed E-state index contributed by atoms with van der Waals surface area (Å²) in [5, 5.41) is 10.0. The van der Waals surface area contributed by atoms with Crippen LogP contribution in [0.1, 0.15) is 0 Å². The van der Waals surface area contributed by atoms with Crippen molar-refractivity contribution in [3.8, 4) is 67.5 Å². The van der Waals surface area contributed by atoms with Crippen molar-refractivity contribution in [1.82, 2.24) is 15.0 Å². The summed E-state index contributed by atoms with van der Waals surface area (Å²) >= 11 is 1.80. The van der Waals surface area contributed by atoms with Crippen LogP contribution in [0.4, 0.5) is 0 Å². The van der Waals surface area contributed by atoms with E-state index in [0.717, 1.165) is 38.9 Å². The molecule has 12 rings (SSSR count). The van der Waals surface area contributed by atoms with Crippen molar-refractivity contribution >= 4 is 63.8 Å². The Morgan fingerprint density at radius 2 is 0.820 bits per heavy atom. The van der Waals surface area contributed by atoms with Gasteiger partial charge in [-0.05, 0) is 96.0 Å². The standard InChI is InChI=1S/C57H35N3S/c1-2-14-36(15-3-1)44-22-8-9-26-50(44)57-59-55(58-56(60-57)43-29-30-48-47-25-10-11-27-52(47)61-53(48)35-43)42-21-13-19-39(33-42)38-18-12-20-41(32-38)54-46-24-7-5-17-40(46)34-51-45-23-6-4-16-37(45)28-31-49(51)54/h1-35H. The van der Waals surface area contributed by atoms with E-state index >= 15 is 0 Å². The third-order valence-corrected chi connectivity index (χ3v) is 13.0. The van der Waals surface area contributed by atoms with Gasteiger partial charge in [0.25, 0.3) is 0 Å². The molecule has 0 spiro atoms. The first-order valence-corrected chi connectivity index (χ1v) is 21.4. The van der Waals surface area contributed by atoms with E-state index in [1.165, 1.54) is 63.6 Å². The molecule has 0 fully saturated rings. The van der Waals surface area contributed by atoms with Gasteiger partial charge >= 0.3 is 0 Å². The highest BCUT2D eigenvalue weighted by atomic mass is 32.1. The van der Waals surface area contributed by atoms with Crippen LogP contribution in [0.3, 0.4) is 0 Å². The molecule has 0 amide bonds. The molecule has 2 aromatic heterocycles. The molecule has 10 aromatic carbocycles. The first kappa shape index (κ1) is 35.2. The van der Waals surface area contributed by atoms with E-state index in [4.69, 9.17) is 15.0 Å². The number of hydrogen-bond acceptors (Lipinski definition) is 4. The minimum absolute atomic E-state index is 0.629. The fraction of sp³-hybridized carbons (Fsp3) is 0. The minimum Gasteiger partial charge on any atom is -0.208 e. The van der Waals surface area contributed by atoms with Gasteiger partial charge in [-0.1, -0.05) is 182 Å². The third-order valence-electron chi connectivity index (χ3n) is 11.9. The summed E-state index contributed by atoms with van der Waals surface area (Å²) in [6.45, 7) is 0. The Bertz CT molecular complexity index is 3660. The van der Waals surface area contributed by atoms with Crippen molar-refractivity contribution < 1.29 is 0 Å². The summed E-state index contributed by atoms with van der Waals surface area (Å²) in [4.78, 5) is 15.7. The quantitative estimate of drug-likeness (QED) is 0.124. The SMILES string of the molecule is c1ccc(-c2ccccc2-c2nc(-c3cccc(-c4cccc(-c5c6ccccc6cc6c5ccc5ccccc56)c4)c3)nc(-c3ccc4c(c3)sc3ccccc34)n2)cc1. The number of thiophene rings is 1. The van der Waals surface area contributed by atoms with Gasteiger partial charge in [0.05, 0.1) is 0 Å². The molecule has 4 heteroatoms. The molecule has 284 valence electrons. The zero-order valence-electron chi connectivity index (χ0n) is 33.0. The van der Waals surface area contributed by atoms with Crippen LogP contribution in [-0.4, -0.2) is 15.0 Å². The molecule has 0 radical (unpaired) electrons. The van der Waals surface area contributed by atoms with Gasteiger partial charge in [-0.2, -0.15) is 0 Å². The maximum Gasteiger partial charge on any atom is 0.164 e. The Morgan fingerprint density at radius 1 is 0.262 bits per heavy atom. The monoisotopic (exact) mass is 793 g/mol. The number of rotatable bonds is 6. The van der Waals surface area contributed by atoms with Gasteiger partial charge in [0.15, 0.2) is 17.5 Å². The Kier molecular flexibility index (Phi) is 8.36. The number of benzene rings is 10. The lowest BCUT2D eigenvalue weighted by Gasteiger charge is -2.15. The van der Waals surface area contributed by atoms with Gasteiger partial charge in [0.2, 0.25) is 0 Å². The Labute approximate surface area is 356 Å². The molecule has 0 saturated carbocycles. The fourth-order valence-electron chi connectivity index (χ4n) is 8.99. The molecule has 0 aliphatic rings. The van der Waals surface area contributed by atoms with Crippen LogP contribution in [0, 0.1) is 0 Å². The maximum atomic E-state index is 5.26. The molecule has 0 atom stereocenters. The van der Waals surface area contributed by atoms with Gasteiger partial charge in [-0.15, -0.1) is 11.3 Å². The third kappa shape index (κ3) is 6.16. The Balaban J connectivity index is 1.01. The smallest absolute Gasteiger partial charge is 0.164 e. The second-order valence-corrected chi connectivity index (χ2v) is 16.6. The van der Waals surface area contributed by atoms with Crippen LogP contribution >= 0.6 is 11.3 Å². The molecule has 0 unspecified atom stereocenters. The number of aromatic nitrogens is 3. The average molecular weight is 794 g/mol. The number of fused-ring (bicyclic) bond motifs is 7. The van der Waals surface area contributed by atoms with Crippen LogP contribution < -0.4 is 0 Å². The molecule has 12 aromatic rings. The first-order valence-electron chi connectivity index (χ1n) is 20.6. The molecule has 0 aliphatic carbocycles. The van der Waals surface area contributed by atoms with Crippen molar-refractivity contribution in [2.75, 3.05) is 0 Å². The summed E-state index contributed by atoms with van der Waals surface area (Å²) in [7, 11) is 0. The lowest BCUT2D eigenvalue weighted by Crippen LogP contribution is -2.01. The highest BCUT2D eigenvalue weighted by molar-refractivity contribution is 7.25. The molecule has 0 N–H and O–H groups in total. The normalized spacial score (nSPS) is 11.6.